The molecule has 20 heavy (non-hydrogen) atoms. The first-order valence-corrected chi connectivity index (χ1v) is 6.19. The van der Waals surface area contributed by atoms with Crippen LogP contribution in [0.1, 0.15) is 10.5 Å². The van der Waals surface area contributed by atoms with Crippen LogP contribution in [0.4, 0.5) is 0 Å². The van der Waals surface area contributed by atoms with E-state index in [-0.39, 0.29) is 5.69 Å². The Morgan fingerprint density at radius 1 is 1.45 bits per heavy atom. The normalized spacial score (nSPS) is 10.8. The zero-order chi connectivity index (χ0) is 14.1. The van der Waals surface area contributed by atoms with Gasteiger partial charge in [-0.05, 0) is 12.1 Å². The summed E-state index contributed by atoms with van der Waals surface area (Å²) in [4.78, 5) is 14.4. The zero-order valence-electron chi connectivity index (χ0n) is 10.7. The maximum absolute atomic E-state index is 11.2. The summed E-state index contributed by atoms with van der Waals surface area (Å²) in [6.07, 6.45) is 3.47. The SMILES string of the molecule is C=CCn1nc(-c2c[nH]c3ccccc23)cc1C(=O)O. The third-order valence-electron chi connectivity index (χ3n) is 3.17. The number of fused-ring (bicyclic) bond motifs is 1. The number of carboxylic acid groups (broad SMARTS) is 1. The lowest BCUT2D eigenvalue weighted by molar-refractivity contribution is 0.0684. The molecule has 2 N–H and O–H groups in total. The van der Waals surface area contributed by atoms with E-state index in [0.717, 1.165) is 16.5 Å². The molecule has 3 rings (SSSR count). The molecule has 0 saturated heterocycles. The van der Waals surface area contributed by atoms with Crippen LogP contribution in [-0.4, -0.2) is 25.8 Å². The molecule has 0 atom stereocenters. The van der Waals surface area contributed by atoms with E-state index in [1.807, 2.05) is 30.5 Å². The number of hydrogen-bond donors (Lipinski definition) is 2. The van der Waals surface area contributed by atoms with E-state index < -0.39 is 5.97 Å². The summed E-state index contributed by atoms with van der Waals surface area (Å²) in [7, 11) is 0. The van der Waals surface area contributed by atoms with Crippen LogP contribution in [0.25, 0.3) is 22.2 Å². The Hall–Kier alpha value is -2.82. The number of benzene rings is 1. The summed E-state index contributed by atoms with van der Waals surface area (Å²) in [5.74, 6) is -0.995. The van der Waals surface area contributed by atoms with Gasteiger partial charge in [-0.15, -0.1) is 6.58 Å². The number of allylic oxidation sites excluding steroid dienone is 1. The summed E-state index contributed by atoms with van der Waals surface area (Å²) >= 11 is 0. The van der Waals surface area contributed by atoms with Gasteiger partial charge in [-0.25, -0.2) is 4.79 Å². The van der Waals surface area contributed by atoms with E-state index in [1.54, 1.807) is 12.1 Å². The molecule has 1 aromatic carbocycles. The van der Waals surface area contributed by atoms with Gasteiger partial charge in [0.15, 0.2) is 0 Å². The van der Waals surface area contributed by atoms with Crippen molar-refractivity contribution in [2.45, 2.75) is 6.54 Å². The first kappa shape index (κ1) is 12.2. The van der Waals surface area contributed by atoms with Crippen molar-refractivity contribution in [3.8, 4) is 11.3 Å². The molecule has 3 aromatic rings. The van der Waals surface area contributed by atoms with Gasteiger partial charge in [-0.2, -0.15) is 5.10 Å². The molecule has 100 valence electrons. The van der Waals surface area contributed by atoms with E-state index in [9.17, 15) is 9.90 Å². The van der Waals surface area contributed by atoms with Gasteiger partial charge >= 0.3 is 5.97 Å². The Morgan fingerprint density at radius 2 is 2.25 bits per heavy atom. The molecular weight excluding hydrogens is 254 g/mol. The summed E-state index contributed by atoms with van der Waals surface area (Å²) in [5.41, 5.74) is 2.69. The van der Waals surface area contributed by atoms with Crippen molar-refractivity contribution in [3.05, 3.63) is 54.9 Å². The van der Waals surface area contributed by atoms with Gasteiger partial charge in [0.2, 0.25) is 0 Å². The van der Waals surface area contributed by atoms with E-state index in [1.165, 1.54) is 4.68 Å². The molecule has 2 aromatic heterocycles. The minimum atomic E-state index is -0.995. The molecule has 5 nitrogen and oxygen atoms in total. The highest BCUT2D eigenvalue weighted by Gasteiger charge is 2.16. The Labute approximate surface area is 115 Å². The lowest BCUT2D eigenvalue weighted by Gasteiger charge is -1.98. The third-order valence-corrected chi connectivity index (χ3v) is 3.17. The Morgan fingerprint density at radius 3 is 3.00 bits per heavy atom. The number of nitrogens with one attached hydrogen (secondary N) is 1. The van der Waals surface area contributed by atoms with E-state index in [4.69, 9.17) is 0 Å². The Balaban J connectivity index is 2.17. The summed E-state index contributed by atoms with van der Waals surface area (Å²) in [6.45, 7) is 3.98. The third kappa shape index (κ3) is 1.89. The number of carbonyl (C=O) groups is 1. The van der Waals surface area contributed by atoms with Crippen molar-refractivity contribution in [2.24, 2.45) is 0 Å². The van der Waals surface area contributed by atoms with E-state index in [2.05, 4.69) is 16.7 Å². The van der Waals surface area contributed by atoms with E-state index >= 15 is 0 Å². The molecule has 0 amide bonds. The second-order valence-electron chi connectivity index (χ2n) is 4.44. The highest BCUT2D eigenvalue weighted by molar-refractivity contribution is 5.96. The van der Waals surface area contributed by atoms with Crippen LogP contribution in [0, 0.1) is 0 Å². The van der Waals surface area contributed by atoms with Crippen LogP contribution in [0.2, 0.25) is 0 Å². The fourth-order valence-corrected chi connectivity index (χ4v) is 2.27. The van der Waals surface area contributed by atoms with Crippen molar-refractivity contribution >= 4 is 16.9 Å². The molecule has 0 spiro atoms. The van der Waals surface area contributed by atoms with Crippen LogP contribution in [0.3, 0.4) is 0 Å². The smallest absolute Gasteiger partial charge is 0.354 e. The number of para-hydroxylation sites is 1. The molecule has 0 saturated carbocycles. The molecule has 2 heterocycles. The van der Waals surface area contributed by atoms with Crippen LogP contribution in [0.5, 0.6) is 0 Å². The molecule has 0 radical (unpaired) electrons. The molecule has 0 unspecified atom stereocenters. The van der Waals surface area contributed by atoms with Crippen LogP contribution >= 0.6 is 0 Å². The quantitative estimate of drug-likeness (QED) is 0.714. The second-order valence-corrected chi connectivity index (χ2v) is 4.44. The highest BCUT2D eigenvalue weighted by atomic mass is 16.4. The lowest BCUT2D eigenvalue weighted by Crippen LogP contribution is -2.08. The summed E-state index contributed by atoms with van der Waals surface area (Å²) in [5, 5.41) is 14.6. The topological polar surface area (TPSA) is 70.9 Å². The van der Waals surface area contributed by atoms with Crippen molar-refractivity contribution in [1.82, 2.24) is 14.8 Å². The van der Waals surface area contributed by atoms with E-state index in [0.29, 0.717) is 12.2 Å². The van der Waals surface area contributed by atoms with Crippen molar-refractivity contribution in [2.75, 3.05) is 0 Å². The van der Waals surface area contributed by atoms with Crippen LogP contribution < -0.4 is 0 Å². The molecular formula is C15H13N3O2. The lowest BCUT2D eigenvalue weighted by atomic mass is 10.1. The standard InChI is InChI=1S/C15H13N3O2/c1-2-7-18-14(15(19)20)8-13(17-18)11-9-16-12-6-4-3-5-10(11)12/h2-6,8-9,16H,1,7H2,(H,19,20). The first-order chi connectivity index (χ1) is 9.70. The number of nitrogens with zero attached hydrogens (tertiary/aromatic N) is 2. The summed E-state index contributed by atoms with van der Waals surface area (Å²) in [6, 6.07) is 9.42. The van der Waals surface area contributed by atoms with Crippen LogP contribution in [-0.2, 0) is 6.54 Å². The second kappa shape index (κ2) is 4.70. The largest absolute Gasteiger partial charge is 0.477 e. The average Bonchev–Trinajstić information content (AvgIpc) is 3.02. The molecule has 0 aliphatic rings. The highest BCUT2D eigenvalue weighted by Crippen LogP contribution is 2.28. The molecule has 0 aliphatic heterocycles. The molecule has 0 fully saturated rings. The van der Waals surface area contributed by atoms with Crippen molar-refractivity contribution in [1.29, 1.82) is 0 Å². The van der Waals surface area contributed by atoms with Gasteiger partial charge in [0.05, 0.1) is 12.2 Å². The minimum Gasteiger partial charge on any atom is -0.477 e. The fraction of sp³-hybridized carbons (Fsp3) is 0.0667. The predicted octanol–water partition coefficient (Wildman–Crippen LogP) is 2.92. The summed E-state index contributed by atoms with van der Waals surface area (Å²) < 4.78 is 1.44. The number of aromatic carboxylic acids is 1. The zero-order valence-corrected chi connectivity index (χ0v) is 10.7. The number of H-pyrrole nitrogens is 1. The molecule has 0 bridgehead atoms. The minimum absolute atomic E-state index is 0.158. The van der Waals surface area contributed by atoms with Gasteiger partial charge < -0.3 is 10.1 Å². The van der Waals surface area contributed by atoms with Gasteiger partial charge in [-0.3, -0.25) is 4.68 Å². The fourth-order valence-electron chi connectivity index (χ4n) is 2.27. The maximum Gasteiger partial charge on any atom is 0.354 e. The molecule has 5 heteroatoms. The number of rotatable bonds is 4. The Bertz CT molecular complexity index is 798. The average molecular weight is 267 g/mol. The maximum atomic E-state index is 11.2. The monoisotopic (exact) mass is 267 g/mol. The number of hydrogen-bond acceptors (Lipinski definition) is 2. The van der Waals surface area contributed by atoms with Crippen molar-refractivity contribution < 1.29 is 9.90 Å². The van der Waals surface area contributed by atoms with Gasteiger partial charge in [0, 0.05) is 22.7 Å². The first-order valence-electron chi connectivity index (χ1n) is 6.19. The number of aromatic amines is 1. The van der Waals surface area contributed by atoms with Gasteiger partial charge in [0.1, 0.15) is 5.69 Å². The predicted molar refractivity (Wildman–Crippen MR) is 76.7 cm³/mol. The van der Waals surface area contributed by atoms with Crippen LogP contribution in [0.15, 0.2) is 49.2 Å². The number of carboxylic acids is 1. The molecule has 0 aliphatic carbocycles. The van der Waals surface area contributed by atoms with Gasteiger partial charge in [-0.1, -0.05) is 24.3 Å². The van der Waals surface area contributed by atoms with Gasteiger partial charge in [0.25, 0.3) is 0 Å². The van der Waals surface area contributed by atoms with Crippen molar-refractivity contribution in [3.63, 3.8) is 0 Å². The Kier molecular flexibility index (Phi) is 2.87. The number of aromatic nitrogens is 3.